The fraction of sp³-hybridized carbons (Fsp3) is 0.636. The summed E-state index contributed by atoms with van der Waals surface area (Å²) in [6.07, 6.45) is 9.06. The number of carbonyl (C=O) groups is 1. The second kappa shape index (κ2) is 11.7. The lowest BCUT2D eigenvalue weighted by molar-refractivity contribution is -0.116. The number of rotatable bonds is 7. The second-order valence-corrected chi connectivity index (χ2v) is 8.65. The molecule has 1 aliphatic heterocycles. The van der Waals surface area contributed by atoms with Crippen molar-refractivity contribution >= 4 is 40.9 Å². The van der Waals surface area contributed by atoms with Crippen LogP contribution in [0.25, 0.3) is 0 Å². The topological polar surface area (TPSA) is 44.7 Å². The Morgan fingerprint density at radius 2 is 1.89 bits per heavy atom. The monoisotopic (exact) mass is 423 g/mol. The average molecular weight is 424 g/mol. The first-order valence-electron chi connectivity index (χ1n) is 10.6. The van der Waals surface area contributed by atoms with Gasteiger partial charge in [0.1, 0.15) is 0 Å². The van der Waals surface area contributed by atoms with Crippen molar-refractivity contribution in [2.75, 3.05) is 17.6 Å². The van der Waals surface area contributed by atoms with Gasteiger partial charge in [-0.1, -0.05) is 57.0 Å². The molecule has 1 aromatic carbocycles. The fourth-order valence-electron chi connectivity index (χ4n) is 3.92. The van der Waals surface area contributed by atoms with Gasteiger partial charge in [-0.3, -0.25) is 9.79 Å². The fourth-order valence-corrected chi connectivity index (χ4v) is 5.18. The number of aryl methyl sites for hydroxylation is 1. The van der Waals surface area contributed by atoms with Gasteiger partial charge in [0.05, 0.1) is 6.04 Å². The molecule has 1 aromatic rings. The van der Waals surface area contributed by atoms with Gasteiger partial charge >= 0.3 is 0 Å². The summed E-state index contributed by atoms with van der Waals surface area (Å²) >= 11 is 1.84. The molecule has 1 aliphatic carbocycles. The van der Waals surface area contributed by atoms with E-state index >= 15 is 0 Å². The predicted octanol–water partition coefficient (Wildman–Crippen LogP) is 5.52. The van der Waals surface area contributed by atoms with Crippen molar-refractivity contribution in [2.45, 2.75) is 77.3 Å². The van der Waals surface area contributed by atoms with E-state index in [1.807, 2.05) is 23.9 Å². The summed E-state index contributed by atoms with van der Waals surface area (Å²) in [6.45, 7) is 5.33. The van der Waals surface area contributed by atoms with Crippen LogP contribution in [0.4, 0.5) is 5.69 Å². The number of carbonyl (C=O) groups excluding carboxylic acids is 1. The number of nitrogens with zero attached hydrogens (tertiary/aromatic N) is 2. The Kier molecular flexibility index (Phi) is 9.66. The van der Waals surface area contributed by atoms with Crippen LogP contribution in [0.5, 0.6) is 0 Å². The number of nitrogens with one attached hydrogen (secondary N) is 1. The number of hydrogen-bond acceptors (Lipinski definition) is 3. The van der Waals surface area contributed by atoms with Crippen LogP contribution in [0.2, 0.25) is 0 Å². The highest BCUT2D eigenvalue weighted by molar-refractivity contribution is 8.14. The zero-order chi connectivity index (χ0) is 19.1. The van der Waals surface area contributed by atoms with Gasteiger partial charge in [-0.15, -0.1) is 12.4 Å². The van der Waals surface area contributed by atoms with Gasteiger partial charge in [0.25, 0.3) is 0 Å². The normalized spacial score (nSPS) is 21.6. The van der Waals surface area contributed by atoms with Crippen molar-refractivity contribution in [2.24, 2.45) is 4.99 Å². The van der Waals surface area contributed by atoms with Gasteiger partial charge < -0.3 is 10.2 Å². The molecular weight excluding hydrogens is 390 g/mol. The van der Waals surface area contributed by atoms with E-state index < -0.39 is 0 Å². The van der Waals surface area contributed by atoms with Crippen molar-refractivity contribution in [1.29, 1.82) is 0 Å². The first-order valence-corrected chi connectivity index (χ1v) is 11.5. The molecule has 0 spiro atoms. The number of aliphatic imine (C=N–C) groups is 1. The lowest BCUT2D eigenvalue weighted by Gasteiger charge is -2.27. The van der Waals surface area contributed by atoms with Gasteiger partial charge in [-0.2, -0.15) is 0 Å². The molecule has 0 bridgehead atoms. The quantitative estimate of drug-likeness (QED) is 0.628. The maximum atomic E-state index is 12.6. The molecule has 1 N–H and O–H groups in total. The maximum Gasteiger partial charge on any atom is 0.226 e. The summed E-state index contributed by atoms with van der Waals surface area (Å²) in [6, 6.07) is 8.91. The first kappa shape index (κ1) is 23.1. The van der Waals surface area contributed by atoms with Gasteiger partial charge in [0.15, 0.2) is 5.17 Å². The third-order valence-corrected chi connectivity index (χ3v) is 6.64. The van der Waals surface area contributed by atoms with Crippen LogP contribution < -0.4 is 5.32 Å². The summed E-state index contributed by atoms with van der Waals surface area (Å²) in [5.74, 6) is 1.07. The molecular formula is C22H34ClN3OS. The van der Waals surface area contributed by atoms with E-state index in [1.54, 1.807) is 0 Å². The van der Waals surface area contributed by atoms with Crippen molar-refractivity contribution in [3.8, 4) is 0 Å². The molecule has 2 fully saturated rings. The highest BCUT2D eigenvalue weighted by atomic mass is 35.5. The number of thioether (sulfide) groups is 1. The largest absolute Gasteiger partial charge is 0.347 e. The van der Waals surface area contributed by atoms with Gasteiger partial charge in [-0.05, 0) is 43.4 Å². The molecule has 3 rings (SSSR count). The Hall–Kier alpha value is -1.20. The Labute approximate surface area is 180 Å². The summed E-state index contributed by atoms with van der Waals surface area (Å²) in [4.78, 5) is 20.0. The number of halogens is 1. The number of amides is 1. The van der Waals surface area contributed by atoms with E-state index in [0.29, 0.717) is 12.5 Å². The van der Waals surface area contributed by atoms with Gasteiger partial charge in [0, 0.05) is 30.4 Å². The number of anilines is 1. The van der Waals surface area contributed by atoms with E-state index in [9.17, 15) is 4.79 Å². The SMILES string of the molecule is CCCN1C(=NC2CCCCC2)SCC1CC(=O)Nc1ccc(CC)cc1.Cl. The molecule has 1 unspecified atom stereocenters. The zero-order valence-corrected chi connectivity index (χ0v) is 18.8. The molecule has 4 nitrogen and oxygen atoms in total. The van der Waals surface area contributed by atoms with E-state index in [0.717, 1.165) is 30.8 Å². The van der Waals surface area contributed by atoms with Gasteiger partial charge in [-0.25, -0.2) is 0 Å². The first-order chi connectivity index (χ1) is 13.2. The van der Waals surface area contributed by atoms with Crippen LogP contribution in [0, 0.1) is 0 Å². The van der Waals surface area contributed by atoms with Crippen molar-refractivity contribution in [3.63, 3.8) is 0 Å². The predicted molar refractivity (Wildman–Crippen MR) is 124 cm³/mol. The molecule has 28 heavy (non-hydrogen) atoms. The summed E-state index contributed by atoms with van der Waals surface area (Å²) < 4.78 is 0. The Balaban J connectivity index is 0.00000280. The summed E-state index contributed by atoms with van der Waals surface area (Å²) in [5, 5.41) is 4.24. The highest BCUT2D eigenvalue weighted by Gasteiger charge is 2.32. The molecule has 1 saturated carbocycles. The minimum atomic E-state index is 0. The standard InChI is InChI=1S/C22H33N3OS.ClH/c1-3-14-25-20(16-27-22(25)24-18-8-6-5-7-9-18)15-21(26)23-19-12-10-17(4-2)11-13-19;/h10-13,18,20H,3-9,14-16H2,1-2H3,(H,23,26);1H. The average Bonchev–Trinajstić information content (AvgIpc) is 3.05. The van der Waals surface area contributed by atoms with Crippen LogP contribution in [-0.4, -0.2) is 40.4 Å². The Bertz CT molecular complexity index is 644. The zero-order valence-electron chi connectivity index (χ0n) is 17.2. The highest BCUT2D eigenvalue weighted by Crippen LogP contribution is 2.29. The molecule has 1 atom stereocenters. The Morgan fingerprint density at radius 1 is 1.18 bits per heavy atom. The molecule has 1 saturated heterocycles. The van der Waals surface area contributed by atoms with Crippen molar-refractivity contribution in [3.05, 3.63) is 29.8 Å². The van der Waals surface area contributed by atoms with Crippen LogP contribution in [0.3, 0.4) is 0 Å². The molecule has 6 heteroatoms. The second-order valence-electron chi connectivity index (χ2n) is 7.66. The smallest absolute Gasteiger partial charge is 0.226 e. The molecule has 1 heterocycles. The van der Waals surface area contributed by atoms with Crippen molar-refractivity contribution < 1.29 is 4.79 Å². The van der Waals surface area contributed by atoms with Crippen LogP contribution in [-0.2, 0) is 11.2 Å². The van der Waals surface area contributed by atoms with E-state index in [4.69, 9.17) is 4.99 Å². The number of benzene rings is 1. The summed E-state index contributed by atoms with van der Waals surface area (Å²) in [5.41, 5.74) is 2.18. The van der Waals surface area contributed by atoms with Crippen molar-refractivity contribution in [1.82, 2.24) is 4.90 Å². The molecule has 0 aromatic heterocycles. The third-order valence-electron chi connectivity index (χ3n) is 5.49. The van der Waals surface area contributed by atoms with Crippen LogP contribution >= 0.6 is 24.2 Å². The molecule has 0 radical (unpaired) electrons. The summed E-state index contributed by atoms with van der Waals surface area (Å²) in [7, 11) is 0. The minimum Gasteiger partial charge on any atom is -0.347 e. The lowest BCUT2D eigenvalue weighted by atomic mass is 9.96. The van der Waals surface area contributed by atoms with Crippen LogP contribution in [0.15, 0.2) is 29.3 Å². The van der Waals surface area contributed by atoms with E-state index in [1.165, 1.54) is 42.8 Å². The van der Waals surface area contributed by atoms with E-state index in [-0.39, 0.29) is 24.4 Å². The lowest BCUT2D eigenvalue weighted by Crippen LogP contribution is -2.37. The van der Waals surface area contributed by atoms with Crippen LogP contribution in [0.1, 0.15) is 64.4 Å². The minimum absolute atomic E-state index is 0. The Morgan fingerprint density at radius 3 is 2.54 bits per heavy atom. The number of amidine groups is 1. The van der Waals surface area contributed by atoms with E-state index in [2.05, 4.69) is 36.2 Å². The van der Waals surface area contributed by atoms with Gasteiger partial charge in [0.2, 0.25) is 5.91 Å². The molecule has 156 valence electrons. The molecule has 2 aliphatic rings. The molecule has 1 amide bonds. The maximum absolute atomic E-state index is 12.6. The third kappa shape index (κ3) is 6.41. The number of hydrogen-bond donors (Lipinski definition) is 1.